The molecule has 15 heavy (non-hydrogen) atoms. The number of rotatable bonds is 4. The molecule has 1 rings (SSSR count). The van der Waals surface area contributed by atoms with E-state index in [2.05, 4.69) is 10.6 Å². The molecule has 4 heteroatoms. The molecule has 0 bridgehead atoms. The zero-order valence-electron chi connectivity index (χ0n) is 8.88. The normalized spacial score (nSPS) is 12.2. The third-order valence-corrected chi connectivity index (χ3v) is 2.08. The summed E-state index contributed by atoms with van der Waals surface area (Å²) in [5, 5.41) is 5.55. The highest BCUT2D eigenvalue weighted by Gasteiger charge is 2.08. The predicted molar refractivity (Wildman–Crippen MR) is 56.9 cm³/mol. The Morgan fingerprint density at radius 2 is 2.00 bits per heavy atom. The number of hydrogen-bond acceptors (Lipinski definition) is 2. The molecule has 1 aromatic carbocycles. The summed E-state index contributed by atoms with van der Waals surface area (Å²) < 4.78 is 12.6. The van der Waals surface area contributed by atoms with Gasteiger partial charge in [0.05, 0.1) is 12.6 Å². The molecule has 3 nitrogen and oxygen atoms in total. The molecule has 0 aromatic heterocycles. The molecule has 0 saturated carbocycles. The Bertz CT molecular complexity index is 324. The molecule has 0 aliphatic rings. The summed E-state index contributed by atoms with van der Waals surface area (Å²) in [7, 11) is 1.71. The van der Waals surface area contributed by atoms with E-state index >= 15 is 0 Å². The minimum absolute atomic E-state index is 0.0747. The van der Waals surface area contributed by atoms with E-state index in [1.165, 1.54) is 12.1 Å². The number of carbonyl (C=O) groups is 1. The van der Waals surface area contributed by atoms with Crippen LogP contribution in [0, 0.1) is 5.82 Å². The van der Waals surface area contributed by atoms with Crippen LogP contribution in [0.5, 0.6) is 0 Å². The van der Waals surface area contributed by atoms with Crippen molar-refractivity contribution in [3.63, 3.8) is 0 Å². The average Bonchev–Trinajstić information content (AvgIpc) is 2.18. The monoisotopic (exact) mass is 210 g/mol. The first-order valence-corrected chi connectivity index (χ1v) is 4.83. The molecular formula is C11H15FN2O. The van der Waals surface area contributed by atoms with E-state index < -0.39 is 0 Å². The molecule has 0 spiro atoms. The van der Waals surface area contributed by atoms with Crippen LogP contribution in [0.25, 0.3) is 0 Å². The lowest BCUT2D eigenvalue weighted by molar-refractivity contribution is -0.120. The van der Waals surface area contributed by atoms with E-state index in [-0.39, 0.29) is 24.3 Å². The Balaban J connectivity index is 2.57. The van der Waals surface area contributed by atoms with Crippen LogP contribution in [-0.2, 0) is 4.79 Å². The molecular weight excluding hydrogens is 195 g/mol. The van der Waals surface area contributed by atoms with Crippen LogP contribution in [-0.4, -0.2) is 19.5 Å². The highest BCUT2D eigenvalue weighted by molar-refractivity contribution is 5.78. The van der Waals surface area contributed by atoms with Crippen LogP contribution >= 0.6 is 0 Å². The summed E-state index contributed by atoms with van der Waals surface area (Å²) in [5.41, 5.74) is 0.890. The number of nitrogens with one attached hydrogen (secondary N) is 2. The quantitative estimate of drug-likeness (QED) is 0.784. The first-order chi connectivity index (χ1) is 7.13. The van der Waals surface area contributed by atoms with Gasteiger partial charge in [-0.3, -0.25) is 4.79 Å². The Labute approximate surface area is 88.7 Å². The Kier molecular flexibility index (Phi) is 4.24. The molecule has 0 fully saturated rings. The van der Waals surface area contributed by atoms with Gasteiger partial charge in [0.1, 0.15) is 5.82 Å². The van der Waals surface area contributed by atoms with Crippen molar-refractivity contribution in [2.75, 3.05) is 13.6 Å². The van der Waals surface area contributed by atoms with Gasteiger partial charge in [0.25, 0.3) is 0 Å². The van der Waals surface area contributed by atoms with Gasteiger partial charge in [0, 0.05) is 0 Å². The lowest BCUT2D eigenvalue weighted by Gasteiger charge is -2.13. The Morgan fingerprint density at radius 3 is 2.53 bits per heavy atom. The van der Waals surface area contributed by atoms with Crippen molar-refractivity contribution < 1.29 is 9.18 Å². The van der Waals surface area contributed by atoms with Gasteiger partial charge in [0.15, 0.2) is 0 Å². The zero-order valence-corrected chi connectivity index (χ0v) is 8.88. The van der Waals surface area contributed by atoms with Gasteiger partial charge in [-0.2, -0.15) is 0 Å². The van der Waals surface area contributed by atoms with Crippen molar-refractivity contribution in [2.24, 2.45) is 0 Å². The van der Waals surface area contributed by atoms with Crippen LogP contribution in [0.1, 0.15) is 18.5 Å². The summed E-state index contributed by atoms with van der Waals surface area (Å²) in [6, 6.07) is 6.00. The van der Waals surface area contributed by atoms with Gasteiger partial charge in [-0.05, 0) is 31.7 Å². The maximum absolute atomic E-state index is 12.6. The number of hydrogen-bond donors (Lipinski definition) is 2. The predicted octanol–water partition coefficient (Wildman–Crippen LogP) is 1.22. The summed E-state index contributed by atoms with van der Waals surface area (Å²) in [6.45, 7) is 2.15. The first-order valence-electron chi connectivity index (χ1n) is 4.83. The van der Waals surface area contributed by atoms with Crippen molar-refractivity contribution in [3.8, 4) is 0 Å². The van der Waals surface area contributed by atoms with Crippen molar-refractivity contribution in [3.05, 3.63) is 35.6 Å². The Hall–Kier alpha value is -1.42. The van der Waals surface area contributed by atoms with Gasteiger partial charge in [0.2, 0.25) is 5.91 Å². The summed E-state index contributed by atoms with van der Waals surface area (Å²) in [6.07, 6.45) is 0. The van der Waals surface area contributed by atoms with E-state index in [1.807, 2.05) is 6.92 Å². The number of halogens is 1. The largest absolute Gasteiger partial charge is 0.348 e. The lowest BCUT2D eigenvalue weighted by atomic mass is 10.1. The van der Waals surface area contributed by atoms with Gasteiger partial charge in [-0.15, -0.1) is 0 Å². The second kappa shape index (κ2) is 5.46. The fourth-order valence-electron chi connectivity index (χ4n) is 1.29. The van der Waals surface area contributed by atoms with Crippen LogP contribution in [0.4, 0.5) is 4.39 Å². The van der Waals surface area contributed by atoms with Crippen molar-refractivity contribution in [1.82, 2.24) is 10.6 Å². The molecule has 0 radical (unpaired) electrons. The highest BCUT2D eigenvalue weighted by Crippen LogP contribution is 2.12. The third-order valence-electron chi connectivity index (χ3n) is 2.08. The van der Waals surface area contributed by atoms with Gasteiger partial charge in [-0.1, -0.05) is 12.1 Å². The number of amides is 1. The van der Waals surface area contributed by atoms with Gasteiger partial charge in [-0.25, -0.2) is 4.39 Å². The van der Waals surface area contributed by atoms with E-state index in [1.54, 1.807) is 19.2 Å². The third kappa shape index (κ3) is 3.67. The van der Waals surface area contributed by atoms with Crippen LogP contribution in [0.2, 0.25) is 0 Å². The van der Waals surface area contributed by atoms with E-state index in [4.69, 9.17) is 0 Å². The molecule has 82 valence electrons. The summed E-state index contributed by atoms with van der Waals surface area (Å²) >= 11 is 0. The van der Waals surface area contributed by atoms with E-state index in [0.717, 1.165) is 5.56 Å². The van der Waals surface area contributed by atoms with Gasteiger partial charge < -0.3 is 10.6 Å². The van der Waals surface area contributed by atoms with Gasteiger partial charge >= 0.3 is 0 Å². The fourth-order valence-corrected chi connectivity index (χ4v) is 1.29. The van der Waals surface area contributed by atoms with E-state index in [9.17, 15) is 9.18 Å². The summed E-state index contributed by atoms with van der Waals surface area (Å²) in [4.78, 5) is 11.2. The van der Waals surface area contributed by atoms with Crippen molar-refractivity contribution in [2.45, 2.75) is 13.0 Å². The van der Waals surface area contributed by atoms with Crippen LogP contribution in [0.15, 0.2) is 24.3 Å². The average molecular weight is 210 g/mol. The maximum Gasteiger partial charge on any atom is 0.234 e. The maximum atomic E-state index is 12.6. The zero-order chi connectivity index (χ0) is 11.3. The molecule has 2 N–H and O–H groups in total. The standard InChI is InChI=1S/C11H15FN2O/c1-8(14-11(15)7-13-2)9-3-5-10(12)6-4-9/h3-6,8,13H,7H2,1-2H3,(H,14,15). The molecule has 1 aromatic rings. The molecule has 0 heterocycles. The van der Waals surface area contributed by atoms with Crippen LogP contribution in [0.3, 0.4) is 0 Å². The second-order valence-corrected chi connectivity index (χ2v) is 3.37. The highest BCUT2D eigenvalue weighted by atomic mass is 19.1. The minimum Gasteiger partial charge on any atom is -0.348 e. The van der Waals surface area contributed by atoms with Crippen molar-refractivity contribution >= 4 is 5.91 Å². The molecule has 0 aliphatic carbocycles. The van der Waals surface area contributed by atoms with Crippen LogP contribution < -0.4 is 10.6 Å². The SMILES string of the molecule is CNCC(=O)NC(C)c1ccc(F)cc1. The summed E-state index contributed by atoms with van der Waals surface area (Å²) in [5.74, 6) is -0.346. The molecule has 1 unspecified atom stereocenters. The first kappa shape index (κ1) is 11.7. The van der Waals surface area contributed by atoms with Crippen molar-refractivity contribution in [1.29, 1.82) is 0 Å². The lowest BCUT2D eigenvalue weighted by Crippen LogP contribution is -2.33. The number of benzene rings is 1. The molecule has 1 amide bonds. The fraction of sp³-hybridized carbons (Fsp3) is 0.364. The second-order valence-electron chi connectivity index (χ2n) is 3.37. The Morgan fingerprint density at radius 1 is 1.40 bits per heavy atom. The smallest absolute Gasteiger partial charge is 0.234 e. The van der Waals surface area contributed by atoms with E-state index in [0.29, 0.717) is 0 Å². The minimum atomic E-state index is -0.271. The number of likely N-dealkylation sites (N-methyl/N-ethyl adjacent to an activating group) is 1. The molecule has 0 aliphatic heterocycles. The molecule has 0 saturated heterocycles. The topological polar surface area (TPSA) is 41.1 Å². The number of carbonyl (C=O) groups excluding carboxylic acids is 1. The molecule has 1 atom stereocenters.